The first-order valence-corrected chi connectivity index (χ1v) is 5.11. The van der Waals surface area contributed by atoms with Gasteiger partial charge in [0.05, 0.1) is 6.26 Å². The van der Waals surface area contributed by atoms with Gasteiger partial charge in [-0.05, 0) is 6.42 Å². The van der Waals surface area contributed by atoms with Gasteiger partial charge in [0.25, 0.3) is 0 Å². The third-order valence-electron chi connectivity index (χ3n) is 1.95. The highest BCUT2D eigenvalue weighted by Gasteiger charge is 1.99. The zero-order chi connectivity index (χ0) is 9.94. The van der Waals surface area contributed by atoms with Crippen LogP contribution in [-0.2, 0) is 9.53 Å². The molecule has 0 N–H and O–H groups in total. The molecule has 0 bridgehead atoms. The summed E-state index contributed by atoms with van der Waals surface area (Å²) < 4.78 is 4.59. The van der Waals surface area contributed by atoms with Crippen molar-refractivity contribution in [1.82, 2.24) is 0 Å². The second kappa shape index (κ2) is 9.30. The van der Waals surface area contributed by atoms with Crippen LogP contribution < -0.4 is 0 Å². The Morgan fingerprint density at radius 1 is 1.23 bits per heavy atom. The molecule has 0 rings (SSSR count). The molecular formula is C11H20O2. The molecule has 0 aliphatic rings. The van der Waals surface area contributed by atoms with Crippen molar-refractivity contribution in [3.8, 4) is 0 Å². The van der Waals surface area contributed by atoms with Gasteiger partial charge in [0.1, 0.15) is 0 Å². The number of carbonyl (C=O) groups excluding carboxylic acids is 1. The quantitative estimate of drug-likeness (QED) is 0.328. The van der Waals surface area contributed by atoms with Crippen LogP contribution in [0, 0.1) is 0 Å². The SMILES string of the molecule is C=COC(=O)CCCCCCCC. The molecule has 76 valence electrons. The normalized spacial score (nSPS) is 9.62. The van der Waals surface area contributed by atoms with Crippen molar-refractivity contribution in [3.63, 3.8) is 0 Å². The minimum Gasteiger partial charge on any atom is -0.435 e. The van der Waals surface area contributed by atoms with Crippen LogP contribution in [0.1, 0.15) is 51.9 Å². The molecule has 0 atom stereocenters. The van der Waals surface area contributed by atoms with Crippen LogP contribution in [0.25, 0.3) is 0 Å². The molecular weight excluding hydrogens is 164 g/mol. The van der Waals surface area contributed by atoms with Gasteiger partial charge in [-0.25, -0.2) is 0 Å². The lowest BCUT2D eigenvalue weighted by Gasteiger charge is -1.99. The van der Waals surface area contributed by atoms with Crippen LogP contribution >= 0.6 is 0 Å². The lowest BCUT2D eigenvalue weighted by atomic mass is 10.1. The van der Waals surface area contributed by atoms with E-state index >= 15 is 0 Å². The summed E-state index contributed by atoms with van der Waals surface area (Å²) >= 11 is 0. The van der Waals surface area contributed by atoms with E-state index in [1.54, 1.807) is 0 Å². The van der Waals surface area contributed by atoms with Gasteiger partial charge < -0.3 is 4.74 Å². The molecule has 0 amide bonds. The van der Waals surface area contributed by atoms with Gasteiger partial charge in [0, 0.05) is 6.42 Å². The van der Waals surface area contributed by atoms with Gasteiger partial charge in [0.15, 0.2) is 0 Å². The number of carbonyl (C=O) groups is 1. The summed E-state index contributed by atoms with van der Waals surface area (Å²) in [6.45, 7) is 5.52. The monoisotopic (exact) mass is 184 g/mol. The Bertz CT molecular complexity index is 141. The zero-order valence-corrected chi connectivity index (χ0v) is 8.55. The third kappa shape index (κ3) is 9.12. The van der Waals surface area contributed by atoms with E-state index in [0.717, 1.165) is 12.8 Å². The highest BCUT2D eigenvalue weighted by atomic mass is 16.5. The Balaban J connectivity index is 3.06. The molecule has 0 unspecified atom stereocenters. The zero-order valence-electron chi connectivity index (χ0n) is 8.55. The lowest BCUT2D eigenvalue weighted by molar-refractivity contribution is -0.138. The molecule has 13 heavy (non-hydrogen) atoms. The minimum absolute atomic E-state index is 0.162. The van der Waals surface area contributed by atoms with Crippen molar-refractivity contribution >= 4 is 5.97 Å². The Labute approximate surface area is 81.0 Å². The van der Waals surface area contributed by atoms with Crippen molar-refractivity contribution in [2.45, 2.75) is 51.9 Å². The fourth-order valence-electron chi connectivity index (χ4n) is 1.20. The Hall–Kier alpha value is -0.790. The maximum absolute atomic E-state index is 10.8. The highest BCUT2D eigenvalue weighted by Crippen LogP contribution is 2.07. The maximum Gasteiger partial charge on any atom is 0.310 e. The van der Waals surface area contributed by atoms with Crippen LogP contribution in [0.5, 0.6) is 0 Å². The first-order valence-electron chi connectivity index (χ1n) is 5.11. The average Bonchev–Trinajstić information content (AvgIpc) is 2.11. The molecule has 0 heterocycles. The lowest BCUT2D eigenvalue weighted by Crippen LogP contribution is -1.98. The molecule has 0 aromatic rings. The number of unbranched alkanes of at least 4 members (excludes halogenated alkanes) is 5. The van der Waals surface area contributed by atoms with E-state index in [9.17, 15) is 4.79 Å². The Morgan fingerprint density at radius 2 is 1.85 bits per heavy atom. The van der Waals surface area contributed by atoms with Crippen LogP contribution in [0.2, 0.25) is 0 Å². The maximum atomic E-state index is 10.8. The molecule has 2 heteroatoms. The summed E-state index contributed by atoms with van der Waals surface area (Å²) in [5, 5.41) is 0. The van der Waals surface area contributed by atoms with E-state index in [2.05, 4.69) is 18.2 Å². The molecule has 0 spiro atoms. The molecule has 0 radical (unpaired) electrons. The number of ether oxygens (including phenoxy) is 1. The van der Waals surface area contributed by atoms with Crippen molar-refractivity contribution < 1.29 is 9.53 Å². The largest absolute Gasteiger partial charge is 0.435 e. The molecule has 0 saturated carbocycles. The van der Waals surface area contributed by atoms with Crippen LogP contribution in [0.15, 0.2) is 12.8 Å². The molecule has 2 nitrogen and oxygen atoms in total. The van der Waals surface area contributed by atoms with Crippen molar-refractivity contribution in [2.24, 2.45) is 0 Å². The fourth-order valence-corrected chi connectivity index (χ4v) is 1.20. The van der Waals surface area contributed by atoms with E-state index in [4.69, 9.17) is 0 Å². The number of esters is 1. The van der Waals surface area contributed by atoms with E-state index in [-0.39, 0.29) is 5.97 Å². The molecule has 0 aromatic carbocycles. The minimum atomic E-state index is -0.162. The van der Waals surface area contributed by atoms with Gasteiger partial charge in [-0.3, -0.25) is 4.79 Å². The summed E-state index contributed by atoms with van der Waals surface area (Å²) in [6, 6.07) is 0. The Morgan fingerprint density at radius 3 is 2.46 bits per heavy atom. The summed E-state index contributed by atoms with van der Waals surface area (Å²) in [5.74, 6) is -0.162. The predicted molar refractivity (Wildman–Crippen MR) is 54.3 cm³/mol. The smallest absolute Gasteiger partial charge is 0.310 e. The van der Waals surface area contributed by atoms with Crippen LogP contribution in [0.4, 0.5) is 0 Å². The molecule has 0 aliphatic heterocycles. The van der Waals surface area contributed by atoms with E-state index in [0.29, 0.717) is 6.42 Å². The summed E-state index contributed by atoms with van der Waals surface area (Å²) in [7, 11) is 0. The predicted octanol–water partition coefficient (Wildman–Crippen LogP) is 3.42. The van der Waals surface area contributed by atoms with E-state index < -0.39 is 0 Å². The van der Waals surface area contributed by atoms with Gasteiger partial charge in [-0.1, -0.05) is 45.6 Å². The fraction of sp³-hybridized carbons (Fsp3) is 0.727. The third-order valence-corrected chi connectivity index (χ3v) is 1.95. The first-order chi connectivity index (χ1) is 6.31. The van der Waals surface area contributed by atoms with Gasteiger partial charge >= 0.3 is 5.97 Å². The van der Waals surface area contributed by atoms with Gasteiger partial charge in [-0.15, -0.1) is 0 Å². The van der Waals surface area contributed by atoms with Crippen molar-refractivity contribution in [3.05, 3.63) is 12.8 Å². The van der Waals surface area contributed by atoms with Crippen molar-refractivity contribution in [1.29, 1.82) is 0 Å². The van der Waals surface area contributed by atoms with E-state index in [1.165, 1.54) is 31.9 Å². The van der Waals surface area contributed by atoms with Crippen LogP contribution in [-0.4, -0.2) is 5.97 Å². The second-order valence-corrected chi connectivity index (χ2v) is 3.17. The summed E-state index contributed by atoms with van der Waals surface area (Å²) in [4.78, 5) is 10.8. The summed E-state index contributed by atoms with van der Waals surface area (Å²) in [6.07, 6.45) is 8.87. The number of rotatable bonds is 8. The molecule has 0 aromatic heterocycles. The molecule has 0 saturated heterocycles. The molecule has 0 fully saturated rings. The Kier molecular flexibility index (Phi) is 8.73. The van der Waals surface area contributed by atoms with Crippen LogP contribution in [0.3, 0.4) is 0 Å². The average molecular weight is 184 g/mol. The topological polar surface area (TPSA) is 26.3 Å². The van der Waals surface area contributed by atoms with Gasteiger partial charge in [-0.2, -0.15) is 0 Å². The van der Waals surface area contributed by atoms with E-state index in [1.807, 2.05) is 0 Å². The second-order valence-electron chi connectivity index (χ2n) is 3.17. The summed E-state index contributed by atoms with van der Waals surface area (Å²) in [5.41, 5.74) is 0. The first kappa shape index (κ1) is 12.2. The highest BCUT2D eigenvalue weighted by molar-refractivity contribution is 5.69. The number of hydrogen-bond acceptors (Lipinski definition) is 2. The standard InChI is InChI=1S/C11H20O2/c1-3-5-6-7-8-9-10-11(12)13-4-2/h4H,2-3,5-10H2,1H3. The van der Waals surface area contributed by atoms with Gasteiger partial charge in [0.2, 0.25) is 0 Å². The number of hydrogen-bond donors (Lipinski definition) is 0. The molecule has 0 aliphatic carbocycles. The van der Waals surface area contributed by atoms with Crippen molar-refractivity contribution in [2.75, 3.05) is 0 Å².